The van der Waals surface area contributed by atoms with Crippen LogP contribution in [-0.2, 0) is 21.4 Å². The molecule has 0 saturated carbocycles. The first kappa shape index (κ1) is 18.8. The number of nitrogens with one attached hydrogen (secondary N) is 1. The molecule has 27 heavy (non-hydrogen) atoms. The molecule has 140 valence electrons. The average Bonchev–Trinajstić information content (AvgIpc) is 3.11. The van der Waals surface area contributed by atoms with Crippen molar-refractivity contribution in [1.29, 1.82) is 0 Å². The molecule has 1 N–H and O–H groups in total. The molecule has 0 atom stereocenters. The van der Waals surface area contributed by atoms with Gasteiger partial charge in [0.25, 0.3) is 0 Å². The van der Waals surface area contributed by atoms with Gasteiger partial charge in [0.05, 0.1) is 17.1 Å². The molecule has 0 radical (unpaired) electrons. The maximum absolute atomic E-state index is 12.1. The van der Waals surface area contributed by atoms with Gasteiger partial charge in [0.1, 0.15) is 12.3 Å². The number of hydrogen-bond donors (Lipinski definition) is 1. The van der Waals surface area contributed by atoms with Gasteiger partial charge in [-0.3, -0.25) is 9.78 Å². The van der Waals surface area contributed by atoms with E-state index in [0.29, 0.717) is 17.9 Å². The summed E-state index contributed by atoms with van der Waals surface area (Å²) in [5.74, 6) is 0.113. The molecule has 0 bridgehead atoms. The SMILES string of the molecule is CC(=O)CNS(=O)(=O)c1ccc(-c2nnn(Cc3ccc(C)cn3)n2)cc1. The quantitative estimate of drug-likeness (QED) is 0.642. The molecule has 0 unspecified atom stereocenters. The minimum absolute atomic E-state index is 0.0590. The molecule has 3 aromatic rings. The van der Waals surface area contributed by atoms with Crippen molar-refractivity contribution in [3.05, 3.63) is 53.9 Å². The molecule has 10 heteroatoms. The Morgan fingerprint density at radius 2 is 1.89 bits per heavy atom. The predicted octanol–water partition coefficient (Wildman–Crippen LogP) is 0.959. The molecule has 3 rings (SSSR count). The summed E-state index contributed by atoms with van der Waals surface area (Å²) in [5, 5.41) is 12.3. The van der Waals surface area contributed by atoms with Gasteiger partial charge < -0.3 is 0 Å². The summed E-state index contributed by atoms with van der Waals surface area (Å²) in [6.45, 7) is 3.41. The molecule has 0 spiro atoms. The van der Waals surface area contributed by atoms with Crippen LogP contribution in [0.1, 0.15) is 18.2 Å². The summed E-state index contributed by atoms with van der Waals surface area (Å²) in [6, 6.07) is 9.90. The van der Waals surface area contributed by atoms with Crippen LogP contribution < -0.4 is 4.72 Å². The number of pyridine rings is 1. The highest BCUT2D eigenvalue weighted by Crippen LogP contribution is 2.17. The fourth-order valence-corrected chi connectivity index (χ4v) is 3.28. The predicted molar refractivity (Wildman–Crippen MR) is 97.2 cm³/mol. The Balaban J connectivity index is 1.73. The molecule has 0 aliphatic carbocycles. The molecule has 2 aromatic heterocycles. The Labute approximate surface area is 156 Å². The number of nitrogens with zero attached hydrogens (tertiary/aromatic N) is 5. The van der Waals surface area contributed by atoms with E-state index in [2.05, 4.69) is 25.1 Å². The van der Waals surface area contributed by atoms with Crippen LogP contribution in [0.25, 0.3) is 11.4 Å². The van der Waals surface area contributed by atoms with E-state index >= 15 is 0 Å². The summed E-state index contributed by atoms with van der Waals surface area (Å²) < 4.78 is 26.4. The monoisotopic (exact) mass is 386 g/mol. The van der Waals surface area contributed by atoms with Crippen LogP contribution in [0.2, 0.25) is 0 Å². The Hall–Kier alpha value is -2.98. The van der Waals surface area contributed by atoms with E-state index in [4.69, 9.17) is 0 Å². The third kappa shape index (κ3) is 4.80. The molecular weight excluding hydrogens is 368 g/mol. The van der Waals surface area contributed by atoms with Gasteiger partial charge in [-0.05, 0) is 55.0 Å². The van der Waals surface area contributed by atoms with Crippen LogP contribution in [0.3, 0.4) is 0 Å². The third-order valence-corrected chi connectivity index (χ3v) is 5.08. The Morgan fingerprint density at radius 1 is 1.15 bits per heavy atom. The number of aryl methyl sites for hydroxylation is 1. The van der Waals surface area contributed by atoms with Crippen LogP contribution in [0, 0.1) is 6.92 Å². The molecule has 0 fully saturated rings. The Kier molecular flexibility index (Phi) is 5.38. The first-order valence-corrected chi connectivity index (χ1v) is 9.61. The highest BCUT2D eigenvalue weighted by molar-refractivity contribution is 7.89. The minimum atomic E-state index is -3.73. The summed E-state index contributed by atoms with van der Waals surface area (Å²) in [5.41, 5.74) is 2.50. The molecule has 1 aromatic carbocycles. The number of aromatic nitrogens is 5. The van der Waals surface area contributed by atoms with E-state index in [1.165, 1.54) is 23.9 Å². The van der Waals surface area contributed by atoms with Gasteiger partial charge in [-0.1, -0.05) is 6.07 Å². The molecule has 2 heterocycles. The van der Waals surface area contributed by atoms with Crippen LogP contribution in [0.5, 0.6) is 0 Å². The number of carbonyl (C=O) groups is 1. The number of sulfonamides is 1. The zero-order valence-corrected chi connectivity index (χ0v) is 15.6. The van der Waals surface area contributed by atoms with Gasteiger partial charge in [-0.15, -0.1) is 10.2 Å². The van der Waals surface area contributed by atoms with Crippen LogP contribution in [0.4, 0.5) is 0 Å². The normalized spacial score (nSPS) is 11.5. The van der Waals surface area contributed by atoms with Gasteiger partial charge >= 0.3 is 0 Å². The molecule has 0 saturated heterocycles. The van der Waals surface area contributed by atoms with E-state index in [1.54, 1.807) is 18.3 Å². The minimum Gasteiger partial charge on any atom is -0.299 e. The molecule has 0 aliphatic heterocycles. The maximum Gasteiger partial charge on any atom is 0.240 e. The van der Waals surface area contributed by atoms with E-state index in [-0.39, 0.29) is 17.2 Å². The lowest BCUT2D eigenvalue weighted by Gasteiger charge is -2.05. The summed E-state index contributed by atoms with van der Waals surface area (Å²) in [4.78, 5) is 16.7. The molecule has 0 amide bonds. The van der Waals surface area contributed by atoms with Gasteiger partial charge in [-0.25, -0.2) is 13.1 Å². The van der Waals surface area contributed by atoms with Crippen molar-refractivity contribution < 1.29 is 13.2 Å². The Morgan fingerprint density at radius 3 is 2.52 bits per heavy atom. The standard InChI is InChI=1S/C17H18N6O3S/c1-12-3-6-15(18-9-12)11-23-21-17(20-22-23)14-4-7-16(8-5-14)27(25,26)19-10-13(2)24/h3-9,19H,10-11H2,1-2H3. The number of Topliss-reactive ketones (excluding diaryl/α,β-unsaturated/α-hetero) is 1. The number of ketones is 1. The number of rotatable bonds is 7. The highest BCUT2D eigenvalue weighted by atomic mass is 32.2. The van der Waals surface area contributed by atoms with Crippen molar-refractivity contribution in [2.24, 2.45) is 0 Å². The van der Waals surface area contributed by atoms with Crippen molar-refractivity contribution in [2.75, 3.05) is 6.54 Å². The smallest absolute Gasteiger partial charge is 0.240 e. The second kappa shape index (κ2) is 7.72. The number of hydrogen-bond acceptors (Lipinski definition) is 7. The largest absolute Gasteiger partial charge is 0.299 e. The lowest BCUT2D eigenvalue weighted by atomic mass is 10.2. The van der Waals surface area contributed by atoms with Gasteiger partial charge in [0, 0.05) is 11.8 Å². The lowest BCUT2D eigenvalue weighted by Crippen LogP contribution is -2.28. The van der Waals surface area contributed by atoms with E-state index < -0.39 is 10.0 Å². The van der Waals surface area contributed by atoms with Crippen molar-refractivity contribution in [3.63, 3.8) is 0 Å². The van der Waals surface area contributed by atoms with Crippen molar-refractivity contribution >= 4 is 15.8 Å². The van der Waals surface area contributed by atoms with Gasteiger partial charge in [0.2, 0.25) is 15.8 Å². The maximum atomic E-state index is 12.1. The number of carbonyl (C=O) groups excluding carboxylic acids is 1. The highest BCUT2D eigenvalue weighted by Gasteiger charge is 2.15. The number of tetrazole rings is 1. The van der Waals surface area contributed by atoms with E-state index in [0.717, 1.165) is 11.3 Å². The third-order valence-electron chi connectivity index (χ3n) is 3.66. The Bertz CT molecular complexity index is 1040. The van der Waals surface area contributed by atoms with Crippen LogP contribution in [0.15, 0.2) is 47.5 Å². The first-order valence-electron chi connectivity index (χ1n) is 8.12. The number of benzene rings is 1. The van der Waals surface area contributed by atoms with Crippen LogP contribution >= 0.6 is 0 Å². The van der Waals surface area contributed by atoms with E-state index in [1.807, 2.05) is 19.1 Å². The second-order valence-corrected chi connectivity index (χ2v) is 7.79. The van der Waals surface area contributed by atoms with Gasteiger partial charge in [0.15, 0.2) is 0 Å². The fraction of sp³-hybridized carbons (Fsp3) is 0.235. The summed E-state index contributed by atoms with van der Waals surface area (Å²) in [6.07, 6.45) is 1.77. The van der Waals surface area contributed by atoms with E-state index in [9.17, 15) is 13.2 Å². The lowest BCUT2D eigenvalue weighted by molar-refractivity contribution is -0.115. The van der Waals surface area contributed by atoms with Crippen LogP contribution in [-0.4, -0.2) is 45.9 Å². The van der Waals surface area contributed by atoms with Crippen molar-refractivity contribution in [3.8, 4) is 11.4 Å². The first-order chi connectivity index (χ1) is 12.8. The van der Waals surface area contributed by atoms with Crippen molar-refractivity contribution in [1.82, 2.24) is 29.9 Å². The zero-order chi connectivity index (χ0) is 19.4. The summed E-state index contributed by atoms with van der Waals surface area (Å²) >= 11 is 0. The average molecular weight is 386 g/mol. The fourth-order valence-electron chi connectivity index (χ4n) is 2.23. The van der Waals surface area contributed by atoms with Gasteiger partial charge in [-0.2, -0.15) is 4.80 Å². The summed E-state index contributed by atoms with van der Waals surface area (Å²) in [7, 11) is -3.73. The topological polar surface area (TPSA) is 120 Å². The zero-order valence-electron chi connectivity index (χ0n) is 14.8. The molecular formula is C17H18N6O3S. The second-order valence-electron chi connectivity index (χ2n) is 6.02. The van der Waals surface area contributed by atoms with Crippen molar-refractivity contribution in [2.45, 2.75) is 25.3 Å². The molecule has 0 aliphatic rings. The molecule has 9 nitrogen and oxygen atoms in total.